The van der Waals surface area contributed by atoms with Crippen LogP contribution in [-0.2, 0) is 11.3 Å². The number of hydrogen-bond acceptors (Lipinski definition) is 2. The van der Waals surface area contributed by atoms with Crippen molar-refractivity contribution in [2.45, 2.75) is 18.4 Å². The Hall–Kier alpha value is -2.62. The van der Waals surface area contributed by atoms with Crippen molar-refractivity contribution in [3.63, 3.8) is 0 Å². The zero-order valence-corrected chi connectivity index (χ0v) is 18.1. The highest BCUT2D eigenvalue weighted by Crippen LogP contribution is 2.60. The maximum Gasteiger partial charge on any atom is 0.224 e. The predicted octanol–water partition coefficient (Wildman–Crippen LogP) is 4.85. The van der Waals surface area contributed by atoms with E-state index < -0.39 is 0 Å². The van der Waals surface area contributed by atoms with Crippen molar-refractivity contribution >= 4 is 18.3 Å². The van der Waals surface area contributed by atoms with Crippen LogP contribution < -0.4 is 5.32 Å². The van der Waals surface area contributed by atoms with Crippen LogP contribution in [0.5, 0.6) is 0 Å². The number of hydrogen-bond donors (Lipinski definition) is 1. The molecule has 156 valence electrons. The Bertz CT molecular complexity index is 872. The van der Waals surface area contributed by atoms with Crippen LogP contribution in [0.1, 0.15) is 28.5 Å². The highest BCUT2D eigenvalue weighted by atomic mass is 35.5. The average molecular weight is 421 g/mol. The Labute approximate surface area is 185 Å². The van der Waals surface area contributed by atoms with Crippen molar-refractivity contribution < 1.29 is 4.79 Å². The lowest BCUT2D eigenvalue weighted by molar-refractivity contribution is -0.122. The minimum absolute atomic E-state index is 0. The molecule has 1 saturated carbocycles. The van der Waals surface area contributed by atoms with Gasteiger partial charge in [0.25, 0.3) is 0 Å². The van der Waals surface area contributed by atoms with Gasteiger partial charge in [-0.1, -0.05) is 91.0 Å². The second-order valence-corrected chi connectivity index (χ2v) is 7.91. The van der Waals surface area contributed by atoms with Gasteiger partial charge in [-0.25, -0.2) is 0 Å². The third-order valence-corrected chi connectivity index (χ3v) is 5.78. The van der Waals surface area contributed by atoms with Crippen LogP contribution in [0.2, 0.25) is 0 Å². The second kappa shape index (κ2) is 10.4. The maximum absolute atomic E-state index is 13.0. The number of nitrogens with zero attached hydrogens (tertiary/aromatic N) is 1. The molecule has 4 heteroatoms. The zero-order chi connectivity index (χ0) is 20.1. The Morgan fingerprint density at radius 2 is 1.27 bits per heavy atom. The van der Waals surface area contributed by atoms with Crippen LogP contribution >= 0.6 is 12.4 Å². The van der Waals surface area contributed by atoms with E-state index in [-0.39, 0.29) is 36.1 Å². The third-order valence-electron chi connectivity index (χ3n) is 5.78. The molecular formula is C26H29ClN2O. The summed E-state index contributed by atoms with van der Waals surface area (Å²) in [4.78, 5) is 15.2. The molecule has 0 spiro atoms. The van der Waals surface area contributed by atoms with E-state index in [0.29, 0.717) is 6.54 Å². The largest absolute Gasteiger partial charge is 0.355 e. The molecule has 4 rings (SSSR count). The monoisotopic (exact) mass is 420 g/mol. The molecule has 0 aromatic heterocycles. The van der Waals surface area contributed by atoms with Crippen LogP contribution in [0, 0.1) is 5.92 Å². The van der Waals surface area contributed by atoms with Gasteiger partial charge in [-0.2, -0.15) is 0 Å². The summed E-state index contributed by atoms with van der Waals surface area (Å²) in [5.41, 5.74) is 3.79. The standard InChI is InChI=1S/C26H28N2O.ClH/c1-28(19-20-11-5-2-6-12-20)18-17-27-26(29)25-23(21-13-7-3-8-14-21)24(25)22-15-9-4-10-16-22;/h2-16,23-25H,17-19H2,1H3,(H,27,29);1H. The third kappa shape index (κ3) is 5.29. The highest BCUT2D eigenvalue weighted by Gasteiger charge is 2.55. The molecule has 0 saturated heterocycles. The van der Waals surface area contributed by atoms with Crippen molar-refractivity contribution in [3.05, 3.63) is 108 Å². The van der Waals surface area contributed by atoms with Gasteiger partial charge in [0.1, 0.15) is 0 Å². The van der Waals surface area contributed by atoms with Crippen LogP contribution in [-0.4, -0.2) is 30.9 Å². The Morgan fingerprint density at radius 3 is 1.77 bits per heavy atom. The first-order valence-electron chi connectivity index (χ1n) is 10.3. The summed E-state index contributed by atoms with van der Waals surface area (Å²) in [6.45, 7) is 2.39. The van der Waals surface area contributed by atoms with Gasteiger partial charge in [-0.15, -0.1) is 12.4 Å². The molecule has 1 aliphatic carbocycles. The minimum atomic E-state index is 0. The number of benzene rings is 3. The normalized spacial score (nSPS) is 19.7. The molecule has 3 aromatic rings. The quantitative estimate of drug-likeness (QED) is 0.564. The smallest absolute Gasteiger partial charge is 0.224 e. The number of carbonyl (C=O) groups is 1. The molecule has 3 aromatic carbocycles. The van der Waals surface area contributed by atoms with E-state index >= 15 is 0 Å². The fourth-order valence-electron chi connectivity index (χ4n) is 4.28. The predicted molar refractivity (Wildman–Crippen MR) is 125 cm³/mol. The molecule has 1 fully saturated rings. The van der Waals surface area contributed by atoms with E-state index in [1.165, 1.54) is 16.7 Å². The molecule has 0 bridgehead atoms. The Kier molecular flexibility index (Phi) is 7.67. The SMILES string of the molecule is CN(CCNC(=O)C1C(c2ccccc2)C1c1ccccc1)Cc1ccccc1.Cl. The van der Waals surface area contributed by atoms with Gasteiger partial charge in [0.15, 0.2) is 0 Å². The van der Waals surface area contributed by atoms with Crippen molar-refractivity contribution in [1.29, 1.82) is 0 Å². The fraction of sp³-hybridized carbons (Fsp3) is 0.269. The van der Waals surface area contributed by atoms with E-state index in [1.54, 1.807) is 0 Å². The molecule has 2 unspecified atom stereocenters. The fourth-order valence-corrected chi connectivity index (χ4v) is 4.28. The molecule has 3 nitrogen and oxygen atoms in total. The molecule has 0 heterocycles. The van der Waals surface area contributed by atoms with Crippen LogP contribution in [0.15, 0.2) is 91.0 Å². The summed E-state index contributed by atoms with van der Waals surface area (Å²) in [5, 5.41) is 3.18. The first-order valence-corrected chi connectivity index (χ1v) is 10.3. The zero-order valence-electron chi connectivity index (χ0n) is 17.3. The topological polar surface area (TPSA) is 32.3 Å². The number of rotatable bonds is 8. The van der Waals surface area contributed by atoms with Crippen molar-refractivity contribution in [2.75, 3.05) is 20.1 Å². The molecule has 2 atom stereocenters. The molecular weight excluding hydrogens is 392 g/mol. The molecule has 1 N–H and O–H groups in total. The molecule has 1 amide bonds. The summed E-state index contributed by atoms with van der Waals surface area (Å²) in [6, 6.07) is 31.3. The van der Waals surface area contributed by atoms with Gasteiger partial charge in [0.2, 0.25) is 5.91 Å². The molecule has 1 aliphatic rings. The molecule has 0 aliphatic heterocycles. The maximum atomic E-state index is 13.0. The van der Waals surface area contributed by atoms with Crippen LogP contribution in [0.25, 0.3) is 0 Å². The van der Waals surface area contributed by atoms with Gasteiger partial charge in [-0.3, -0.25) is 4.79 Å². The molecule has 30 heavy (non-hydrogen) atoms. The number of halogens is 1. The van der Waals surface area contributed by atoms with Gasteiger partial charge in [-0.05, 0) is 23.7 Å². The minimum Gasteiger partial charge on any atom is -0.355 e. The lowest BCUT2D eigenvalue weighted by Gasteiger charge is -2.17. The van der Waals surface area contributed by atoms with E-state index in [2.05, 4.69) is 90.1 Å². The van der Waals surface area contributed by atoms with Crippen LogP contribution in [0.3, 0.4) is 0 Å². The van der Waals surface area contributed by atoms with Gasteiger partial charge >= 0.3 is 0 Å². The first kappa shape index (κ1) is 22.1. The average Bonchev–Trinajstić information content (AvgIpc) is 3.51. The van der Waals surface area contributed by atoms with Gasteiger partial charge in [0.05, 0.1) is 5.92 Å². The van der Waals surface area contributed by atoms with E-state index in [0.717, 1.165) is 13.1 Å². The summed E-state index contributed by atoms with van der Waals surface area (Å²) in [5.74, 6) is 0.710. The number of amides is 1. The van der Waals surface area contributed by atoms with Crippen LogP contribution in [0.4, 0.5) is 0 Å². The highest BCUT2D eigenvalue weighted by molar-refractivity contribution is 5.85. The number of nitrogens with one attached hydrogen (secondary N) is 1. The van der Waals surface area contributed by atoms with Crippen molar-refractivity contribution in [3.8, 4) is 0 Å². The number of carbonyl (C=O) groups excluding carboxylic acids is 1. The lowest BCUT2D eigenvalue weighted by atomic mass is 10.0. The summed E-state index contributed by atoms with van der Waals surface area (Å²) < 4.78 is 0. The van der Waals surface area contributed by atoms with Gasteiger partial charge in [0, 0.05) is 31.5 Å². The van der Waals surface area contributed by atoms with E-state index in [9.17, 15) is 4.79 Å². The number of likely N-dealkylation sites (N-methyl/N-ethyl adjacent to an activating group) is 1. The lowest BCUT2D eigenvalue weighted by Crippen LogP contribution is -2.34. The second-order valence-electron chi connectivity index (χ2n) is 7.91. The Morgan fingerprint density at radius 1 is 0.800 bits per heavy atom. The first-order chi connectivity index (χ1) is 14.2. The van der Waals surface area contributed by atoms with E-state index in [4.69, 9.17) is 0 Å². The van der Waals surface area contributed by atoms with Crippen molar-refractivity contribution in [1.82, 2.24) is 10.2 Å². The van der Waals surface area contributed by atoms with Crippen molar-refractivity contribution in [2.24, 2.45) is 5.92 Å². The van der Waals surface area contributed by atoms with Gasteiger partial charge < -0.3 is 10.2 Å². The Balaban J connectivity index is 0.00000256. The van der Waals surface area contributed by atoms with E-state index in [1.807, 2.05) is 18.2 Å². The summed E-state index contributed by atoms with van der Waals surface area (Å²) >= 11 is 0. The summed E-state index contributed by atoms with van der Waals surface area (Å²) in [7, 11) is 2.09. The summed E-state index contributed by atoms with van der Waals surface area (Å²) in [6.07, 6.45) is 0. The molecule has 0 radical (unpaired) electrons.